The number of nitrogens with one attached hydrogen (secondary N) is 3. The van der Waals surface area contributed by atoms with Gasteiger partial charge in [0.1, 0.15) is 0 Å². The monoisotopic (exact) mass is 632 g/mol. The molecule has 234 valence electrons. The van der Waals surface area contributed by atoms with Crippen molar-refractivity contribution in [2.24, 2.45) is 0 Å². The zero-order valence-electron chi connectivity index (χ0n) is 23.8. The molecular weight excluding hydrogens is 601 g/mol. The highest BCUT2D eigenvalue weighted by Crippen LogP contribution is 2.38. The predicted molar refractivity (Wildman–Crippen MR) is 154 cm³/mol. The molecule has 3 amide bonds. The van der Waals surface area contributed by atoms with Gasteiger partial charge in [-0.3, -0.25) is 19.1 Å². The van der Waals surface area contributed by atoms with Gasteiger partial charge in [0.25, 0.3) is 11.8 Å². The molecule has 1 saturated carbocycles. The van der Waals surface area contributed by atoms with E-state index in [1.165, 1.54) is 35.3 Å². The average Bonchev–Trinajstić information content (AvgIpc) is 3.60. The second kappa shape index (κ2) is 12.2. The Balaban J connectivity index is 1.05. The van der Waals surface area contributed by atoms with E-state index in [0.717, 1.165) is 38.6 Å². The lowest BCUT2D eigenvalue weighted by Gasteiger charge is -2.37. The number of H-pyrrole nitrogens is 1. The molecule has 3 N–H and O–H groups in total. The Labute approximate surface area is 256 Å². The molecule has 11 nitrogen and oxygen atoms in total. The molecular formula is C29H32ClF3N8O3. The van der Waals surface area contributed by atoms with Crippen molar-refractivity contribution in [3.63, 3.8) is 0 Å². The molecule has 6 rings (SSSR count). The summed E-state index contributed by atoms with van der Waals surface area (Å²) in [5, 5.41) is 9.80. The van der Waals surface area contributed by atoms with Gasteiger partial charge < -0.3 is 25.4 Å². The fourth-order valence-corrected chi connectivity index (χ4v) is 5.89. The number of benzene rings is 1. The summed E-state index contributed by atoms with van der Waals surface area (Å²) in [6.45, 7) is 2.50. The molecule has 3 fully saturated rings. The SMILES string of the molecule is O=C(Nc1ccc(C(=O)N2CCN(C(=O)[C@H]3CCCCN3)CC2)c(Cl)c1)c1ncc(Cc2cn(C3CC3)nc2C(F)(F)F)[nH]1. The van der Waals surface area contributed by atoms with Crippen LogP contribution in [0.25, 0.3) is 0 Å². The number of aromatic nitrogens is 4. The first-order valence-corrected chi connectivity index (χ1v) is 15.1. The molecule has 2 aliphatic heterocycles. The Hall–Kier alpha value is -3.91. The third kappa shape index (κ3) is 6.60. The summed E-state index contributed by atoms with van der Waals surface area (Å²) < 4.78 is 42.0. The van der Waals surface area contributed by atoms with Crippen LogP contribution in [-0.2, 0) is 17.4 Å². The van der Waals surface area contributed by atoms with Gasteiger partial charge in [0, 0.05) is 61.9 Å². The highest BCUT2D eigenvalue weighted by atomic mass is 35.5. The van der Waals surface area contributed by atoms with Crippen molar-refractivity contribution in [1.29, 1.82) is 0 Å². The van der Waals surface area contributed by atoms with Crippen LogP contribution < -0.4 is 10.6 Å². The number of nitrogens with zero attached hydrogens (tertiary/aromatic N) is 5. The van der Waals surface area contributed by atoms with Gasteiger partial charge in [-0.25, -0.2) is 4.98 Å². The van der Waals surface area contributed by atoms with Crippen molar-refractivity contribution in [3.8, 4) is 0 Å². The molecule has 1 aromatic carbocycles. The van der Waals surface area contributed by atoms with Crippen molar-refractivity contribution in [3.05, 3.63) is 64.0 Å². The summed E-state index contributed by atoms with van der Waals surface area (Å²) in [5.74, 6) is -0.899. The second-order valence-corrected chi connectivity index (χ2v) is 11.8. The number of aromatic amines is 1. The maximum atomic E-state index is 13.5. The van der Waals surface area contributed by atoms with Crippen LogP contribution in [0.4, 0.5) is 18.9 Å². The van der Waals surface area contributed by atoms with Crippen molar-refractivity contribution in [1.82, 2.24) is 34.9 Å². The van der Waals surface area contributed by atoms with Crippen LogP contribution in [-0.4, -0.2) is 86.0 Å². The van der Waals surface area contributed by atoms with Crippen molar-refractivity contribution in [2.75, 3.05) is 38.0 Å². The molecule has 0 radical (unpaired) electrons. The van der Waals surface area contributed by atoms with E-state index in [9.17, 15) is 27.6 Å². The highest BCUT2D eigenvalue weighted by molar-refractivity contribution is 6.34. The Kier molecular flexibility index (Phi) is 8.38. The number of anilines is 1. The van der Waals surface area contributed by atoms with Gasteiger partial charge in [0.15, 0.2) is 11.5 Å². The largest absolute Gasteiger partial charge is 0.435 e. The van der Waals surface area contributed by atoms with Crippen LogP contribution in [0.3, 0.4) is 0 Å². The lowest BCUT2D eigenvalue weighted by Crippen LogP contribution is -2.55. The summed E-state index contributed by atoms with van der Waals surface area (Å²) in [5.41, 5.74) is -0.0321. The first kappa shape index (κ1) is 30.1. The predicted octanol–water partition coefficient (Wildman–Crippen LogP) is 3.88. The number of rotatable bonds is 7. The summed E-state index contributed by atoms with van der Waals surface area (Å²) >= 11 is 6.43. The molecule has 1 atom stereocenters. The summed E-state index contributed by atoms with van der Waals surface area (Å²) in [4.78, 5) is 49.1. The molecule has 2 aromatic heterocycles. The zero-order valence-corrected chi connectivity index (χ0v) is 24.5. The third-order valence-corrected chi connectivity index (χ3v) is 8.48. The fraction of sp³-hybridized carbons (Fsp3) is 0.483. The third-order valence-electron chi connectivity index (χ3n) is 8.17. The molecule has 4 heterocycles. The van der Waals surface area contributed by atoms with Gasteiger partial charge in [0.2, 0.25) is 5.91 Å². The number of piperidine rings is 1. The van der Waals surface area contributed by atoms with E-state index in [2.05, 4.69) is 25.7 Å². The second-order valence-electron chi connectivity index (χ2n) is 11.4. The van der Waals surface area contributed by atoms with E-state index in [1.54, 1.807) is 9.80 Å². The number of piperazine rings is 1. The lowest BCUT2D eigenvalue weighted by atomic mass is 10.0. The molecule has 2 saturated heterocycles. The minimum absolute atomic E-state index is 0.00119. The zero-order chi connectivity index (χ0) is 31.0. The van der Waals surface area contributed by atoms with Crippen molar-refractivity contribution in [2.45, 2.75) is 56.8 Å². The van der Waals surface area contributed by atoms with Gasteiger partial charge >= 0.3 is 6.18 Å². The standard InChI is InChI=1S/C29H32ClF3N8O3/c30-22-14-18(4-7-21(22)27(43)39-9-11-40(12-10-39)28(44)23-3-1-2-8-34-23)37-26(42)25-35-15-19(36-25)13-17-16-41(20-5-6-20)38-24(17)29(31,32)33/h4,7,14-16,20,23,34H,1-3,5-6,8-13H2,(H,35,36)(H,37,42)/t23-/m1/s1. The molecule has 3 aromatic rings. The molecule has 0 unspecified atom stereocenters. The van der Waals surface area contributed by atoms with Gasteiger partial charge in [-0.15, -0.1) is 0 Å². The van der Waals surface area contributed by atoms with Crippen molar-refractivity contribution >= 4 is 35.0 Å². The fourth-order valence-electron chi connectivity index (χ4n) is 5.63. The van der Waals surface area contributed by atoms with Crippen LogP contribution in [0.15, 0.2) is 30.6 Å². The minimum atomic E-state index is -4.60. The van der Waals surface area contributed by atoms with Crippen LogP contribution in [0.1, 0.15) is 76.1 Å². The maximum absolute atomic E-state index is 13.5. The van der Waals surface area contributed by atoms with Gasteiger partial charge in [-0.2, -0.15) is 18.3 Å². The maximum Gasteiger partial charge on any atom is 0.435 e. The van der Waals surface area contributed by atoms with Gasteiger partial charge in [-0.1, -0.05) is 18.0 Å². The van der Waals surface area contributed by atoms with E-state index in [1.807, 2.05) is 0 Å². The number of alkyl halides is 3. The first-order valence-electron chi connectivity index (χ1n) is 14.7. The van der Waals surface area contributed by atoms with E-state index < -0.39 is 17.8 Å². The van der Waals surface area contributed by atoms with E-state index in [-0.39, 0.29) is 52.3 Å². The van der Waals surface area contributed by atoms with E-state index in [4.69, 9.17) is 11.6 Å². The normalized spacial score (nSPS) is 19.2. The number of imidazole rings is 1. The molecule has 0 bridgehead atoms. The van der Waals surface area contributed by atoms with Crippen LogP contribution >= 0.6 is 11.6 Å². The molecule has 0 spiro atoms. The Morgan fingerprint density at radius 2 is 1.80 bits per heavy atom. The summed E-state index contributed by atoms with van der Waals surface area (Å²) in [7, 11) is 0. The minimum Gasteiger partial charge on any atom is -0.338 e. The molecule has 15 heteroatoms. The summed E-state index contributed by atoms with van der Waals surface area (Å²) in [6.07, 6.45) is 2.52. The van der Waals surface area contributed by atoms with Gasteiger partial charge in [-0.05, 0) is 50.4 Å². The number of carbonyl (C=O) groups is 3. The summed E-state index contributed by atoms with van der Waals surface area (Å²) in [6, 6.07) is 4.35. The number of hydrogen-bond acceptors (Lipinski definition) is 6. The molecule has 3 aliphatic rings. The first-order chi connectivity index (χ1) is 21.1. The van der Waals surface area contributed by atoms with Crippen molar-refractivity contribution < 1.29 is 27.6 Å². The van der Waals surface area contributed by atoms with Crippen LogP contribution in [0.2, 0.25) is 5.02 Å². The average molecular weight is 633 g/mol. The Bertz CT molecular complexity index is 1550. The Morgan fingerprint density at radius 3 is 2.45 bits per heavy atom. The highest BCUT2D eigenvalue weighted by Gasteiger charge is 2.39. The number of amides is 3. The van der Waals surface area contributed by atoms with Crippen LogP contribution in [0, 0.1) is 0 Å². The van der Waals surface area contributed by atoms with E-state index in [0.29, 0.717) is 37.6 Å². The topological polar surface area (TPSA) is 128 Å². The van der Waals surface area contributed by atoms with Gasteiger partial charge in [0.05, 0.1) is 22.7 Å². The number of halogens is 4. The number of carbonyl (C=O) groups excluding carboxylic acids is 3. The quantitative estimate of drug-likeness (QED) is 0.363. The Morgan fingerprint density at radius 1 is 1.05 bits per heavy atom. The van der Waals surface area contributed by atoms with Crippen LogP contribution in [0.5, 0.6) is 0 Å². The lowest BCUT2D eigenvalue weighted by molar-refractivity contribution is -0.142. The number of hydrogen-bond donors (Lipinski definition) is 3. The molecule has 44 heavy (non-hydrogen) atoms. The smallest absolute Gasteiger partial charge is 0.338 e. The molecule has 1 aliphatic carbocycles. The van der Waals surface area contributed by atoms with E-state index >= 15 is 0 Å².